The number of amides is 2. The minimum atomic E-state index is -0.349. The van der Waals surface area contributed by atoms with Crippen molar-refractivity contribution in [3.8, 4) is 0 Å². The number of unbranched alkanes of at least 4 members (excludes halogenated alkanes) is 3. The van der Waals surface area contributed by atoms with Crippen LogP contribution in [0.3, 0.4) is 0 Å². The van der Waals surface area contributed by atoms with Gasteiger partial charge in [0.1, 0.15) is 0 Å². The molecule has 110 valence electrons. The lowest BCUT2D eigenvalue weighted by Gasteiger charge is -2.05. The number of hydrogen-bond donors (Lipinski definition) is 3. The van der Waals surface area contributed by atoms with Crippen LogP contribution in [0.1, 0.15) is 48.0 Å². The Morgan fingerprint density at radius 1 is 1.05 bits per heavy atom. The molecule has 0 saturated carbocycles. The van der Waals surface area contributed by atoms with Gasteiger partial charge in [-0.05, 0) is 31.9 Å². The second-order valence-electron chi connectivity index (χ2n) is 4.82. The first-order valence-electron chi connectivity index (χ1n) is 6.91. The first-order chi connectivity index (χ1) is 9.63. The van der Waals surface area contributed by atoms with Crippen molar-refractivity contribution in [1.82, 2.24) is 10.8 Å². The summed E-state index contributed by atoms with van der Waals surface area (Å²) in [5, 5.41) is 11.2. The van der Waals surface area contributed by atoms with E-state index < -0.39 is 0 Å². The van der Waals surface area contributed by atoms with Gasteiger partial charge in [0, 0.05) is 18.5 Å². The van der Waals surface area contributed by atoms with Gasteiger partial charge < -0.3 is 5.32 Å². The third-order valence-electron chi connectivity index (χ3n) is 3.05. The van der Waals surface area contributed by atoms with E-state index in [0.29, 0.717) is 18.5 Å². The molecule has 0 unspecified atom stereocenters. The lowest BCUT2D eigenvalue weighted by Crippen LogP contribution is -2.24. The van der Waals surface area contributed by atoms with Gasteiger partial charge in [0.15, 0.2) is 0 Å². The van der Waals surface area contributed by atoms with Crippen molar-refractivity contribution in [2.75, 3.05) is 6.54 Å². The normalized spacial score (nSPS) is 10.1. The summed E-state index contributed by atoms with van der Waals surface area (Å²) in [6.07, 6.45) is 3.84. The summed E-state index contributed by atoms with van der Waals surface area (Å²) in [7, 11) is 0. The summed E-state index contributed by atoms with van der Waals surface area (Å²) < 4.78 is 0. The van der Waals surface area contributed by atoms with E-state index in [9.17, 15) is 9.59 Å². The summed E-state index contributed by atoms with van der Waals surface area (Å²) in [5.41, 5.74) is 3.42. The van der Waals surface area contributed by atoms with Crippen LogP contribution < -0.4 is 10.8 Å². The molecule has 0 aromatic heterocycles. The molecule has 0 aliphatic rings. The van der Waals surface area contributed by atoms with Gasteiger partial charge in [-0.2, -0.15) is 0 Å². The second-order valence-corrected chi connectivity index (χ2v) is 4.82. The SMILES string of the molecule is Cc1ccc(C(=O)NCCCCCCC(=O)NO)cc1. The Hall–Kier alpha value is -1.88. The van der Waals surface area contributed by atoms with Crippen molar-refractivity contribution in [3.63, 3.8) is 0 Å². The molecule has 0 saturated heterocycles. The lowest BCUT2D eigenvalue weighted by atomic mass is 10.1. The van der Waals surface area contributed by atoms with E-state index in [-0.39, 0.29) is 11.8 Å². The standard InChI is InChI=1S/C15H22N2O3/c1-12-7-9-13(10-8-12)15(19)16-11-5-3-2-4-6-14(18)17-20/h7-10,20H,2-6,11H2,1H3,(H,16,19)(H,17,18). The number of hydroxylamine groups is 1. The number of aryl methyl sites for hydroxylation is 1. The van der Waals surface area contributed by atoms with Crippen LogP contribution in [0, 0.1) is 6.92 Å². The molecule has 0 aliphatic carbocycles. The molecule has 0 bridgehead atoms. The predicted molar refractivity (Wildman–Crippen MR) is 76.5 cm³/mol. The van der Waals surface area contributed by atoms with Gasteiger partial charge in [-0.1, -0.05) is 30.5 Å². The number of rotatable bonds is 8. The Morgan fingerprint density at radius 3 is 2.35 bits per heavy atom. The highest BCUT2D eigenvalue weighted by molar-refractivity contribution is 5.94. The van der Waals surface area contributed by atoms with Gasteiger partial charge in [-0.25, -0.2) is 5.48 Å². The molecule has 1 aromatic carbocycles. The van der Waals surface area contributed by atoms with Crippen LogP contribution in [0.5, 0.6) is 0 Å². The minimum absolute atomic E-state index is 0.0512. The van der Waals surface area contributed by atoms with Crippen LogP contribution in [0.4, 0.5) is 0 Å². The highest BCUT2D eigenvalue weighted by Gasteiger charge is 2.03. The zero-order valence-electron chi connectivity index (χ0n) is 11.8. The Labute approximate surface area is 119 Å². The molecule has 2 amide bonds. The topological polar surface area (TPSA) is 78.4 Å². The van der Waals surface area contributed by atoms with Gasteiger partial charge in [0.05, 0.1) is 0 Å². The molecule has 20 heavy (non-hydrogen) atoms. The summed E-state index contributed by atoms with van der Waals surface area (Å²) in [5.74, 6) is -0.401. The molecule has 5 heteroatoms. The third kappa shape index (κ3) is 6.33. The summed E-state index contributed by atoms with van der Waals surface area (Å²) in [4.78, 5) is 22.5. The monoisotopic (exact) mass is 278 g/mol. The van der Waals surface area contributed by atoms with E-state index in [1.54, 1.807) is 5.48 Å². The van der Waals surface area contributed by atoms with Gasteiger partial charge in [0.2, 0.25) is 5.91 Å². The van der Waals surface area contributed by atoms with E-state index in [1.165, 1.54) is 0 Å². The zero-order chi connectivity index (χ0) is 14.8. The molecule has 1 rings (SSSR count). The molecule has 3 N–H and O–H groups in total. The van der Waals surface area contributed by atoms with Crippen LogP contribution in [0.2, 0.25) is 0 Å². The van der Waals surface area contributed by atoms with E-state index in [0.717, 1.165) is 31.2 Å². The first kappa shape index (κ1) is 16.2. The van der Waals surface area contributed by atoms with Crippen molar-refractivity contribution >= 4 is 11.8 Å². The lowest BCUT2D eigenvalue weighted by molar-refractivity contribution is -0.129. The fourth-order valence-corrected chi connectivity index (χ4v) is 1.83. The summed E-state index contributed by atoms with van der Waals surface area (Å²) >= 11 is 0. The van der Waals surface area contributed by atoms with Crippen molar-refractivity contribution < 1.29 is 14.8 Å². The van der Waals surface area contributed by atoms with Gasteiger partial charge in [0.25, 0.3) is 5.91 Å². The van der Waals surface area contributed by atoms with E-state index >= 15 is 0 Å². The molecule has 1 aromatic rings. The summed E-state index contributed by atoms with van der Waals surface area (Å²) in [6, 6.07) is 7.47. The van der Waals surface area contributed by atoms with Crippen LogP contribution in [-0.4, -0.2) is 23.6 Å². The van der Waals surface area contributed by atoms with Crippen LogP contribution in [0.15, 0.2) is 24.3 Å². The number of nitrogens with one attached hydrogen (secondary N) is 2. The highest BCUT2D eigenvalue weighted by Crippen LogP contribution is 2.04. The van der Waals surface area contributed by atoms with Crippen LogP contribution in [-0.2, 0) is 4.79 Å². The maximum Gasteiger partial charge on any atom is 0.251 e. The number of benzene rings is 1. The van der Waals surface area contributed by atoms with Crippen molar-refractivity contribution in [3.05, 3.63) is 35.4 Å². The smallest absolute Gasteiger partial charge is 0.251 e. The Bertz CT molecular complexity index is 429. The fraction of sp³-hybridized carbons (Fsp3) is 0.467. The quantitative estimate of drug-likeness (QED) is 0.387. The largest absolute Gasteiger partial charge is 0.352 e. The fourth-order valence-electron chi connectivity index (χ4n) is 1.83. The Morgan fingerprint density at radius 2 is 1.70 bits per heavy atom. The van der Waals surface area contributed by atoms with Crippen molar-refractivity contribution in [1.29, 1.82) is 0 Å². The maximum absolute atomic E-state index is 11.8. The molecular formula is C15H22N2O3. The molecule has 5 nitrogen and oxygen atoms in total. The second kappa shape index (κ2) is 9.09. The average Bonchev–Trinajstić information content (AvgIpc) is 2.46. The van der Waals surface area contributed by atoms with E-state index in [1.807, 2.05) is 31.2 Å². The molecule has 0 aliphatic heterocycles. The number of hydrogen-bond acceptors (Lipinski definition) is 3. The Balaban J connectivity index is 2.08. The number of carbonyl (C=O) groups excluding carboxylic acids is 2. The summed E-state index contributed by atoms with van der Waals surface area (Å²) in [6.45, 7) is 2.62. The van der Waals surface area contributed by atoms with Gasteiger partial charge in [-0.15, -0.1) is 0 Å². The predicted octanol–water partition coefficient (Wildman–Crippen LogP) is 2.18. The van der Waals surface area contributed by atoms with E-state index in [2.05, 4.69) is 5.32 Å². The molecule has 0 spiro atoms. The van der Waals surface area contributed by atoms with Crippen molar-refractivity contribution in [2.24, 2.45) is 0 Å². The van der Waals surface area contributed by atoms with Crippen LogP contribution >= 0.6 is 0 Å². The molecular weight excluding hydrogens is 256 g/mol. The third-order valence-corrected chi connectivity index (χ3v) is 3.05. The molecule has 0 heterocycles. The van der Waals surface area contributed by atoms with Crippen LogP contribution in [0.25, 0.3) is 0 Å². The highest BCUT2D eigenvalue weighted by atomic mass is 16.5. The first-order valence-corrected chi connectivity index (χ1v) is 6.91. The van der Waals surface area contributed by atoms with Crippen molar-refractivity contribution in [2.45, 2.75) is 39.0 Å². The van der Waals surface area contributed by atoms with Gasteiger partial charge >= 0.3 is 0 Å². The maximum atomic E-state index is 11.8. The van der Waals surface area contributed by atoms with Gasteiger partial charge in [-0.3, -0.25) is 14.8 Å². The van der Waals surface area contributed by atoms with E-state index in [4.69, 9.17) is 5.21 Å². The molecule has 0 fully saturated rings. The molecule has 0 atom stereocenters. The molecule has 0 radical (unpaired) electrons. The zero-order valence-corrected chi connectivity index (χ0v) is 11.8. The number of carbonyl (C=O) groups is 2. The Kier molecular flexibility index (Phi) is 7.35. The average molecular weight is 278 g/mol. The minimum Gasteiger partial charge on any atom is -0.352 e.